The molecule has 2 aromatic carbocycles. The van der Waals surface area contributed by atoms with Crippen LogP contribution in [-0.4, -0.2) is 21.2 Å². The van der Waals surface area contributed by atoms with Gasteiger partial charge in [0.25, 0.3) is 0 Å². The molecular formula is C21H23N3OS. The summed E-state index contributed by atoms with van der Waals surface area (Å²) in [6.07, 6.45) is 3.72. The highest BCUT2D eigenvalue weighted by atomic mass is 32.2. The van der Waals surface area contributed by atoms with Crippen LogP contribution in [0.1, 0.15) is 22.3 Å². The average Bonchev–Trinajstić information content (AvgIpc) is 3.05. The SMILES string of the molecule is Cc1ccc(Cn2ccnc2SCC(=O)Nc2ccc(C)cc2C)cc1. The fraction of sp³-hybridized carbons (Fsp3) is 0.238. The second-order valence-corrected chi connectivity index (χ2v) is 7.42. The number of aromatic nitrogens is 2. The third kappa shape index (κ3) is 4.76. The van der Waals surface area contributed by atoms with E-state index in [-0.39, 0.29) is 5.91 Å². The number of nitrogens with zero attached hydrogens (tertiary/aromatic N) is 2. The van der Waals surface area contributed by atoms with E-state index in [0.29, 0.717) is 5.75 Å². The van der Waals surface area contributed by atoms with Gasteiger partial charge in [0.05, 0.1) is 5.75 Å². The van der Waals surface area contributed by atoms with Crippen molar-refractivity contribution in [3.8, 4) is 0 Å². The highest BCUT2D eigenvalue weighted by Crippen LogP contribution is 2.20. The lowest BCUT2D eigenvalue weighted by Crippen LogP contribution is -2.15. The molecule has 0 fully saturated rings. The van der Waals surface area contributed by atoms with Gasteiger partial charge in [-0.05, 0) is 38.0 Å². The fourth-order valence-corrected chi connectivity index (χ4v) is 3.48. The Balaban J connectivity index is 1.59. The zero-order chi connectivity index (χ0) is 18.5. The molecule has 0 saturated heterocycles. The Kier molecular flexibility index (Phi) is 5.78. The first-order valence-electron chi connectivity index (χ1n) is 8.58. The summed E-state index contributed by atoms with van der Waals surface area (Å²) in [7, 11) is 0. The first-order valence-corrected chi connectivity index (χ1v) is 9.56. The van der Waals surface area contributed by atoms with Crippen LogP contribution in [0.25, 0.3) is 0 Å². The van der Waals surface area contributed by atoms with Gasteiger partial charge in [-0.2, -0.15) is 0 Å². The van der Waals surface area contributed by atoms with Crippen molar-refractivity contribution >= 4 is 23.4 Å². The number of benzene rings is 2. The standard InChI is InChI=1S/C21H23N3OS/c1-15-4-7-18(8-5-15)13-24-11-10-22-21(24)26-14-20(25)23-19-9-6-16(2)12-17(19)3/h4-12H,13-14H2,1-3H3,(H,23,25). The molecule has 1 heterocycles. The Morgan fingerprint density at radius 1 is 1.08 bits per heavy atom. The molecule has 0 aliphatic rings. The summed E-state index contributed by atoms with van der Waals surface area (Å²) in [5.41, 5.74) is 5.59. The molecule has 134 valence electrons. The number of hydrogen-bond acceptors (Lipinski definition) is 3. The summed E-state index contributed by atoms with van der Waals surface area (Å²) >= 11 is 1.45. The van der Waals surface area contributed by atoms with Crippen LogP contribution < -0.4 is 5.32 Å². The third-order valence-corrected chi connectivity index (χ3v) is 5.14. The highest BCUT2D eigenvalue weighted by Gasteiger charge is 2.09. The van der Waals surface area contributed by atoms with Gasteiger partial charge in [-0.1, -0.05) is 59.3 Å². The molecule has 0 aliphatic heterocycles. The highest BCUT2D eigenvalue weighted by molar-refractivity contribution is 7.99. The Bertz CT molecular complexity index is 900. The van der Waals surface area contributed by atoms with Crippen molar-refractivity contribution in [2.75, 3.05) is 11.1 Å². The number of rotatable bonds is 6. The first-order chi connectivity index (χ1) is 12.5. The molecule has 3 aromatic rings. The van der Waals surface area contributed by atoms with E-state index in [9.17, 15) is 4.79 Å². The molecule has 0 saturated carbocycles. The Hall–Kier alpha value is -2.53. The summed E-state index contributed by atoms with van der Waals surface area (Å²) < 4.78 is 2.07. The van der Waals surface area contributed by atoms with Gasteiger partial charge in [0.2, 0.25) is 5.91 Å². The monoisotopic (exact) mass is 365 g/mol. The molecule has 0 radical (unpaired) electrons. The Morgan fingerprint density at radius 3 is 2.54 bits per heavy atom. The van der Waals surface area contributed by atoms with Gasteiger partial charge in [0, 0.05) is 24.6 Å². The van der Waals surface area contributed by atoms with Crippen LogP contribution in [0.5, 0.6) is 0 Å². The number of aryl methyl sites for hydroxylation is 3. The molecule has 1 N–H and O–H groups in total. The lowest BCUT2D eigenvalue weighted by molar-refractivity contribution is -0.113. The number of anilines is 1. The molecule has 1 aromatic heterocycles. The summed E-state index contributed by atoms with van der Waals surface area (Å²) in [5.74, 6) is 0.310. The maximum absolute atomic E-state index is 12.3. The van der Waals surface area contributed by atoms with Crippen LogP contribution in [0.4, 0.5) is 5.69 Å². The van der Waals surface area contributed by atoms with Crippen LogP contribution in [0.2, 0.25) is 0 Å². The van der Waals surface area contributed by atoms with Crippen LogP contribution in [0.3, 0.4) is 0 Å². The van der Waals surface area contributed by atoms with E-state index in [2.05, 4.69) is 52.1 Å². The normalized spacial score (nSPS) is 10.7. The summed E-state index contributed by atoms with van der Waals surface area (Å²) in [5, 5.41) is 3.83. The topological polar surface area (TPSA) is 46.9 Å². The van der Waals surface area contributed by atoms with Crippen molar-refractivity contribution in [2.24, 2.45) is 0 Å². The molecule has 5 heteroatoms. The predicted octanol–water partition coefficient (Wildman–Crippen LogP) is 4.59. The summed E-state index contributed by atoms with van der Waals surface area (Å²) in [6.45, 7) is 6.88. The largest absolute Gasteiger partial charge is 0.325 e. The molecule has 0 atom stereocenters. The van der Waals surface area contributed by atoms with Gasteiger partial charge >= 0.3 is 0 Å². The molecule has 1 amide bonds. The molecule has 0 spiro atoms. The zero-order valence-electron chi connectivity index (χ0n) is 15.3. The van der Waals surface area contributed by atoms with E-state index >= 15 is 0 Å². The molecule has 26 heavy (non-hydrogen) atoms. The fourth-order valence-electron chi connectivity index (χ4n) is 2.72. The van der Waals surface area contributed by atoms with E-state index < -0.39 is 0 Å². The maximum Gasteiger partial charge on any atom is 0.234 e. The van der Waals surface area contributed by atoms with Gasteiger partial charge in [0.15, 0.2) is 5.16 Å². The van der Waals surface area contributed by atoms with E-state index in [0.717, 1.165) is 23.0 Å². The molecule has 4 nitrogen and oxygen atoms in total. The minimum Gasteiger partial charge on any atom is -0.325 e. The van der Waals surface area contributed by atoms with E-state index in [4.69, 9.17) is 0 Å². The van der Waals surface area contributed by atoms with Crippen LogP contribution >= 0.6 is 11.8 Å². The lowest BCUT2D eigenvalue weighted by atomic mass is 10.1. The molecule has 0 bridgehead atoms. The summed E-state index contributed by atoms with van der Waals surface area (Å²) in [4.78, 5) is 16.7. The second-order valence-electron chi connectivity index (χ2n) is 6.48. The van der Waals surface area contributed by atoms with Gasteiger partial charge in [-0.25, -0.2) is 4.98 Å². The Labute approximate surface area is 158 Å². The van der Waals surface area contributed by atoms with E-state index in [1.807, 2.05) is 32.2 Å². The number of imidazole rings is 1. The van der Waals surface area contributed by atoms with Crippen molar-refractivity contribution in [3.05, 3.63) is 77.1 Å². The van der Waals surface area contributed by atoms with E-state index in [1.165, 1.54) is 28.5 Å². The summed E-state index contributed by atoms with van der Waals surface area (Å²) in [6, 6.07) is 14.5. The number of carbonyl (C=O) groups excluding carboxylic acids is 1. The number of nitrogens with one attached hydrogen (secondary N) is 1. The second kappa shape index (κ2) is 8.23. The van der Waals surface area contributed by atoms with Gasteiger partial charge < -0.3 is 9.88 Å². The van der Waals surface area contributed by atoms with Gasteiger partial charge in [-0.3, -0.25) is 4.79 Å². The minimum atomic E-state index is -0.0214. The molecule has 3 rings (SSSR count). The predicted molar refractivity (Wildman–Crippen MR) is 108 cm³/mol. The molecular weight excluding hydrogens is 342 g/mol. The average molecular weight is 366 g/mol. The smallest absolute Gasteiger partial charge is 0.234 e. The van der Waals surface area contributed by atoms with Crippen molar-refractivity contribution in [1.82, 2.24) is 9.55 Å². The first kappa shape index (κ1) is 18.3. The molecule has 0 unspecified atom stereocenters. The number of thioether (sulfide) groups is 1. The quantitative estimate of drug-likeness (QED) is 0.650. The maximum atomic E-state index is 12.3. The lowest BCUT2D eigenvalue weighted by Gasteiger charge is -2.10. The van der Waals surface area contributed by atoms with Crippen molar-refractivity contribution < 1.29 is 4.79 Å². The van der Waals surface area contributed by atoms with Crippen LogP contribution in [0, 0.1) is 20.8 Å². The number of amides is 1. The Morgan fingerprint density at radius 2 is 1.81 bits per heavy atom. The van der Waals surface area contributed by atoms with Crippen LogP contribution in [0.15, 0.2) is 60.0 Å². The van der Waals surface area contributed by atoms with Gasteiger partial charge in [-0.15, -0.1) is 0 Å². The third-order valence-electron chi connectivity index (χ3n) is 4.14. The van der Waals surface area contributed by atoms with Crippen molar-refractivity contribution in [2.45, 2.75) is 32.5 Å². The van der Waals surface area contributed by atoms with Crippen LogP contribution in [-0.2, 0) is 11.3 Å². The number of hydrogen-bond donors (Lipinski definition) is 1. The number of carbonyl (C=O) groups is 1. The zero-order valence-corrected chi connectivity index (χ0v) is 16.1. The van der Waals surface area contributed by atoms with Gasteiger partial charge in [0.1, 0.15) is 0 Å². The molecule has 0 aliphatic carbocycles. The van der Waals surface area contributed by atoms with Crippen molar-refractivity contribution in [1.29, 1.82) is 0 Å². The van der Waals surface area contributed by atoms with Crippen molar-refractivity contribution in [3.63, 3.8) is 0 Å². The minimum absolute atomic E-state index is 0.0214. The van der Waals surface area contributed by atoms with E-state index in [1.54, 1.807) is 6.20 Å².